The van der Waals surface area contributed by atoms with E-state index in [-0.39, 0.29) is 5.82 Å². The van der Waals surface area contributed by atoms with E-state index in [1.807, 2.05) is 36.4 Å². The minimum atomic E-state index is -0.288. The van der Waals surface area contributed by atoms with Crippen LogP contribution in [-0.2, 0) is 6.54 Å². The van der Waals surface area contributed by atoms with Crippen molar-refractivity contribution >= 4 is 23.5 Å². The molecular weight excluding hydrogens is 351 g/mol. The maximum atomic E-state index is 13.5. The Labute approximate surface area is 162 Å². The maximum absolute atomic E-state index is 13.5. The maximum Gasteiger partial charge on any atom is 0.157 e. The molecule has 0 N–H and O–H groups in total. The van der Waals surface area contributed by atoms with Crippen LogP contribution in [0.5, 0.6) is 0 Å². The monoisotopic (exact) mass is 368 g/mol. The van der Waals surface area contributed by atoms with Crippen molar-refractivity contribution in [2.24, 2.45) is 0 Å². The lowest BCUT2D eigenvalue weighted by Gasteiger charge is -2.25. The van der Waals surface area contributed by atoms with Gasteiger partial charge in [0.2, 0.25) is 0 Å². The van der Waals surface area contributed by atoms with Gasteiger partial charge in [0.1, 0.15) is 11.5 Å². The third-order valence-corrected chi connectivity index (χ3v) is 4.89. The van der Waals surface area contributed by atoms with Crippen molar-refractivity contribution in [2.45, 2.75) is 6.54 Å². The van der Waals surface area contributed by atoms with Crippen LogP contribution in [0.15, 0.2) is 83.4 Å². The fraction of sp³-hybridized carbons (Fsp3) is 0.0417. The van der Waals surface area contributed by atoms with Crippen LogP contribution < -0.4 is 4.90 Å². The van der Waals surface area contributed by atoms with Gasteiger partial charge in [0.05, 0.1) is 6.54 Å². The quantitative estimate of drug-likeness (QED) is 0.425. The number of rotatable bonds is 3. The molecule has 136 valence electrons. The predicted molar refractivity (Wildman–Crippen MR) is 110 cm³/mol. The molecule has 3 nitrogen and oxygen atoms in total. The summed E-state index contributed by atoms with van der Waals surface area (Å²) in [6.45, 7) is 0.526. The molecule has 0 bridgehead atoms. The van der Waals surface area contributed by atoms with Crippen LogP contribution in [0.3, 0.4) is 0 Å². The number of para-hydroxylation sites is 2. The Balaban J connectivity index is 1.54. The standard InChI is InChI=1S/C24H17FN2O/c25-20-9-5-8-19(14-20)22-15-21(28-26-22)16-27-23-10-3-1-6-17(23)12-13-18-7-2-4-11-24(18)27/h1-15H,16H2. The number of fused-ring (bicyclic) bond motifs is 2. The zero-order valence-electron chi connectivity index (χ0n) is 15.0. The van der Waals surface area contributed by atoms with Gasteiger partial charge >= 0.3 is 0 Å². The highest BCUT2D eigenvalue weighted by atomic mass is 19.1. The second-order valence-electron chi connectivity index (χ2n) is 6.73. The molecule has 0 radical (unpaired) electrons. The van der Waals surface area contributed by atoms with Crippen LogP contribution in [0.2, 0.25) is 0 Å². The Hall–Kier alpha value is -3.66. The van der Waals surface area contributed by atoms with Crippen molar-refractivity contribution in [3.63, 3.8) is 0 Å². The first-order valence-electron chi connectivity index (χ1n) is 9.13. The zero-order chi connectivity index (χ0) is 18.9. The van der Waals surface area contributed by atoms with E-state index in [0.29, 0.717) is 23.6 Å². The largest absolute Gasteiger partial charge is 0.359 e. The fourth-order valence-electron chi connectivity index (χ4n) is 3.56. The van der Waals surface area contributed by atoms with E-state index in [2.05, 4.69) is 46.5 Å². The molecule has 5 rings (SSSR count). The van der Waals surface area contributed by atoms with Crippen molar-refractivity contribution in [1.29, 1.82) is 0 Å². The zero-order valence-corrected chi connectivity index (χ0v) is 15.0. The summed E-state index contributed by atoms with van der Waals surface area (Å²) in [4.78, 5) is 2.22. The Morgan fingerprint density at radius 2 is 1.46 bits per heavy atom. The SMILES string of the molecule is Fc1cccc(-c2cc(CN3c4ccccc4C=Cc4ccccc43)on2)c1. The number of hydrogen-bond donors (Lipinski definition) is 0. The summed E-state index contributed by atoms with van der Waals surface area (Å²) in [5.41, 5.74) is 5.82. The Morgan fingerprint density at radius 3 is 2.14 bits per heavy atom. The van der Waals surface area contributed by atoms with Crippen LogP contribution in [0.4, 0.5) is 15.8 Å². The fourth-order valence-corrected chi connectivity index (χ4v) is 3.56. The molecule has 0 unspecified atom stereocenters. The number of nitrogens with zero attached hydrogens (tertiary/aromatic N) is 2. The number of anilines is 2. The van der Waals surface area contributed by atoms with E-state index >= 15 is 0 Å². The summed E-state index contributed by atoms with van der Waals surface area (Å²) in [6, 6.07) is 24.8. The minimum Gasteiger partial charge on any atom is -0.359 e. The van der Waals surface area contributed by atoms with Gasteiger partial charge in [-0.25, -0.2) is 4.39 Å². The van der Waals surface area contributed by atoms with Gasteiger partial charge in [0.25, 0.3) is 0 Å². The molecule has 0 aliphatic carbocycles. The molecule has 4 aromatic rings. The molecule has 4 heteroatoms. The second kappa shape index (κ2) is 6.82. The van der Waals surface area contributed by atoms with Crippen LogP contribution >= 0.6 is 0 Å². The molecule has 0 atom stereocenters. The third kappa shape index (κ3) is 2.99. The molecular formula is C24H17FN2O. The van der Waals surface area contributed by atoms with Crippen LogP contribution in [0, 0.1) is 5.82 Å². The average molecular weight is 368 g/mol. The lowest BCUT2D eigenvalue weighted by Crippen LogP contribution is -2.17. The van der Waals surface area contributed by atoms with Gasteiger partial charge in [-0.2, -0.15) is 0 Å². The lowest BCUT2D eigenvalue weighted by atomic mass is 10.1. The van der Waals surface area contributed by atoms with Gasteiger partial charge in [-0.3, -0.25) is 0 Å². The summed E-state index contributed by atoms with van der Waals surface area (Å²) in [6.07, 6.45) is 4.26. The molecule has 1 aliphatic rings. The molecule has 0 saturated carbocycles. The van der Waals surface area contributed by atoms with E-state index in [9.17, 15) is 4.39 Å². The molecule has 3 aromatic carbocycles. The van der Waals surface area contributed by atoms with Crippen molar-refractivity contribution in [2.75, 3.05) is 4.90 Å². The summed E-state index contributed by atoms with van der Waals surface area (Å²) in [5.74, 6) is 0.425. The summed E-state index contributed by atoms with van der Waals surface area (Å²) in [5, 5.41) is 4.14. The normalized spacial score (nSPS) is 12.4. The van der Waals surface area contributed by atoms with Gasteiger partial charge < -0.3 is 9.42 Å². The third-order valence-electron chi connectivity index (χ3n) is 4.89. The van der Waals surface area contributed by atoms with Crippen LogP contribution in [-0.4, -0.2) is 5.16 Å². The highest BCUT2D eigenvalue weighted by Crippen LogP contribution is 2.37. The van der Waals surface area contributed by atoms with Crippen molar-refractivity contribution in [3.8, 4) is 11.3 Å². The van der Waals surface area contributed by atoms with Gasteiger partial charge in [-0.1, -0.05) is 65.8 Å². The Morgan fingerprint density at radius 1 is 0.786 bits per heavy atom. The average Bonchev–Trinajstić information content (AvgIpc) is 3.14. The summed E-state index contributed by atoms with van der Waals surface area (Å²) < 4.78 is 19.1. The van der Waals surface area contributed by atoms with E-state index in [0.717, 1.165) is 22.5 Å². The number of halogens is 1. The summed E-state index contributed by atoms with van der Waals surface area (Å²) in [7, 11) is 0. The molecule has 1 aliphatic heterocycles. The molecule has 1 aromatic heterocycles. The van der Waals surface area contributed by atoms with Gasteiger partial charge in [0, 0.05) is 23.0 Å². The molecule has 0 spiro atoms. The predicted octanol–water partition coefficient (Wildman–Crippen LogP) is 6.30. The number of benzene rings is 3. The molecule has 2 heterocycles. The van der Waals surface area contributed by atoms with Crippen LogP contribution in [0.25, 0.3) is 23.4 Å². The van der Waals surface area contributed by atoms with Crippen LogP contribution in [0.1, 0.15) is 16.9 Å². The van der Waals surface area contributed by atoms with Gasteiger partial charge in [0.15, 0.2) is 5.76 Å². The minimum absolute atomic E-state index is 0.288. The van der Waals surface area contributed by atoms with E-state index in [4.69, 9.17) is 4.52 Å². The van der Waals surface area contributed by atoms with E-state index < -0.39 is 0 Å². The summed E-state index contributed by atoms with van der Waals surface area (Å²) >= 11 is 0. The molecule has 0 fully saturated rings. The Bertz CT molecular complexity index is 1130. The molecule has 0 amide bonds. The van der Waals surface area contributed by atoms with Crippen molar-refractivity contribution in [1.82, 2.24) is 5.16 Å². The van der Waals surface area contributed by atoms with E-state index in [1.54, 1.807) is 6.07 Å². The number of aromatic nitrogens is 1. The van der Waals surface area contributed by atoms with Crippen molar-refractivity contribution < 1.29 is 8.91 Å². The highest BCUT2D eigenvalue weighted by molar-refractivity contribution is 5.88. The van der Waals surface area contributed by atoms with Gasteiger partial charge in [-0.15, -0.1) is 0 Å². The molecule has 28 heavy (non-hydrogen) atoms. The Kier molecular flexibility index (Phi) is 4.02. The first kappa shape index (κ1) is 16.5. The van der Waals surface area contributed by atoms with Crippen molar-refractivity contribution in [3.05, 3.63) is 102 Å². The number of hydrogen-bond acceptors (Lipinski definition) is 3. The molecule has 0 saturated heterocycles. The van der Waals surface area contributed by atoms with E-state index in [1.165, 1.54) is 12.1 Å². The highest BCUT2D eigenvalue weighted by Gasteiger charge is 2.20. The lowest BCUT2D eigenvalue weighted by molar-refractivity contribution is 0.386. The van der Waals surface area contributed by atoms with Gasteiger partial charge in [-0.05, 0) is 35.4 Å². The second-order valence-corrected chi connectivity index (χ2v) is 6.73. The topological polar surface area (TPSA) is 29.3 Å². The first-order chi connectivity index (χ1) is 13.8. The first-order valence-corrected chi connectivity index (χ1v) is 9.13. The smallest absolute Gasteiger partial charge is 0.157 e.